The molecule has 5 aliphatic rings. The van der Waals surface area contributed by atoms with Crippen molar-refractivity contribution in [3.8, 4) is 17.1 Å². The molecule has 1 unspecified atom stereocenters. The van der Waals surface area contributed by atoms with Crippen LogP contribution in [0.5, 0.6) is 0 Å². The summed E-state index contributed by atoms with van der Waals surface area (Å²) in [6.45, 7) is 6.01. The molecule has 494 valence electrons. The van der Waals surface area contributed by atoms with Gasteiger partial charge >= 0.3 is 12.1 Å². The summed E-state index contributed by atoms with van der Waals surface area (Å²) in [5, 5.41) is 30.3. The number of pyridine rings is 1. The molecule has 7 N–H and O–H groups in total. The first-order valence-electron chi connectivity index (χ1n) is 30.4. The number of halogens is 2. The molecule has 3 aromatic heterocycles. The number of likely N-dealkylation sites (tertiary alicyclic amines) is 2. The number of anilines is 3. The van der Waals surface area contributed by atoms with E-state index < -0.39 is 114 Å². The van der Waals surface area contributed by atoms with Gasteiger partial charge in [0.15, 0.2) is 11.4 Å². The van der Waals surface area contributed by atoms with Crippen molar-refractivity contribution in [3.63, 3.8) is 0 Å². The smallest absolute Gasteiger partial charge is 0.410 e. The van der Waals surface area contributed by atoms with E-state index in [2.05, 4.69) is 47.0 Å². The number of carboxylic acids is 1. The van der Waals surface area contributed by atoms with Crippen molar-refractivity contribution in [2.24, 2.45) is 11.3 Å². The number of nitrogens with zero attached hydrogens (tertiary/aromatic N) is 7. The molecule has 5 aromatic rings. The summed E-state index contributed by atoms with van der Waals surface area (Å²) in [7, 11) is 0. The number of carbonyl (C=O) groups excluding carboxylic acids is 9. The second kappa shape index (κ2) is 29.2. The van der Waals surface area contributed by atoms with Gasteiger partial charge in [0.05, 0.1) is 68.3 Å². The van der Waals surface area contributed by atoms with E-state index >= 15 is 0 Å². The minimum Gasteiger partial charge on any atom is -0.480 e. The summed E-state index contributed by atoms with van der Waals surface area (Å²) in [6, 6.07) is 9.75. The number of amides is 9. The van der Waals surface area contributed by atoms with E-state index in [0.717, 1.165) is 40.1 Å². The van der Waals surface area contributed by atoms with Crippen molar-refractivity contribution >= 4 is 76.5 Å². The number of carboxylic acid groups (broad SMARTS) is 1. The second-order valence-electron chi connectivity index (χ2n) is 24.0. The van der Waals surface area contributed by atoms with Crippen LogP contribution in [0.1, 0.15) is 115 Å². The van der Waals surface area contributed by atoms with Crippen LogP contribution in [0.25, 0.3) is 17.1 Å². The van der Waals surface area contributed by atoms with E-state index in [9.17, 15) is 61.8 Å². The first-order chi connectivity index (χ1) is 44.6. The standard InChI is InChI=1S/C62H71F2N13O16/c1-62(2,3)51(71-48(79)33-91-25-24-90-23-22-89-21-19-65-40-7-4-6-39-49(40)58(84)77(57(39)83)43-15-16-47(78)72-55(43)82)59(85)75-30-38(93-61(88)74-20-5-8-44(74)60(86)87)27-45(75)54(81)68-29-35-11-13-37(14-12-35)76-31-41(50(73-76)52(63)64)69-53(80)42-32-92-56(70-42)36-17-18-66-46(26-36)67-28-34-9-10-34/h4,6-7,11-14,17-18,26,31-32,34,38,43-45,51-52,65H,5,8-10,15-16,19-25,27-30,33H2,1-3H3,(H,66,67)(H,68,81)(H,69,80)(H,71,79)(H,86,87)(H,72,78,82)/t38-,43?,44+,45+,51-/m1/s1. The fourth-order valence-electron chi connectivity index (χ4n) is 11.1. The van der Waals surface area contributed by atoms with Gasteiger partial charge in [0.25, 0.3) is 24.1 Å². The van der Waals surface area contributed by atoms with E-state index in [1.807, 2.05) is 0 Å². The Morgan fingerprint density at radius 1 is 0.860 bits per heavy atom. The Hall–Kier alpha value is -9.75. The quantitative estimate of drug-likeness (QED) is 0.0271. The zero-order valence-electron chi connectivity index (χ0n) is 51.2. The maximum Gasteiger partial charge on any atom is 0.410 e. The molecule has 10 rings (SSSR count). The summed E-state index contributed by atoms with van der Waals surface area (Å²) < 4.78 is 58.0. The number of alkyl halides is 2. The van der Waals surface area contributed by atoms with Gasteiger partial charge < -0.3 is 60.0 Å². The lowest BCUT2D eigenvalue weighted by molar-refractivity contribution is -0.144. The van der Waals surface area contributed by atoms with Crippen LogP contribution >= 0.6 is 0 Å². The minimum atomic E-state index is -3.08. The highest BCUT2D eigenvalue weighted by molar-refractivity contribution is 6.25. The normalized spacial score (nSPS) is 19.1. The van der Waals surface area contributed by atoms with E-state index in [1.54, 1.807) is 75.5 Å². The van der Waals surface area contributed by atoms with Gasteiger partial charge in [-0.1, -0.05) is 39.0 Å². The van der Waals surface area contributed by atoms with Crippen LogP contribution in [0, 0.1) is 11.3 Å². The molecule has 0 spiro atoms. The van der Waals surface area contributed by atoms with Crippen molar-refractivity contribution < 1.29 is 85.2 Å². The minimum absolute atomic E-state index is 0.0000271. The van der Waals surface area contributed by atoms with E-state index in [1.165, 1.54) is 17.2 Å². The predicted octanol–water partition coefficient (Wildman–Crippen LogP) is 4.30. The molecule has 3 saturated heterocycles. The predicted molar refractivity (Wildman–Crippen MR) is 322 cm³/mol. The molecule has 1 aliphatic carbocycles. The Kier molecular flexibility index (Phi) is 20.8. The molecule has 1 saturated carbocycles. The largest absolute Gasteiger partial charge is 0.480 e. The zero-order chi connectivity index (χ0) is 66.1. The average molecular weight is 1290 g/mol. The van der Waals surface area contributed by atoms with Crippen molar-refractivity contribution in [2.45, 2.75) is 109 Å². The Balaban J connectivity index is 0.696. The monoisotopic (exact) mass is 1290 g/mol. The average Bonchev–Trinajstić information content (AvgIpc) is 1.62. The maximum absolute atomic E-state index is 14.7. The number of rotatable bonds is 28. The molecular formula is C62H71F2N13O16. The van der Waals surface area contributed by atoms with Gasteiger partial charge in [-0.25, -0.2) is 33.0 Å². The molecule has 0 bridgehead atoms. The highest BCUT2D eigenvalue weighted by atomic mass is 19.3. The van der Waals surface area contributed by atoms with E-state index in [0.29, 0.717) is 40.7 Å². The van der Waals surface area contributed by atoms with Gasteiger partial charge in [0.2, 0.25) is 35.4 Å². The van der Waals surface area contributed by atoms with Gasteiger partial charge in [0.1, 0.15) is 49.0 Å². The molecule has 5 atom stereocenters. The molecule has 29 nitrogen and oxygen atoms in total. The zero-order valence-corrected chi connectivity index (χ0v) is 51.2. The summed E-state index contributed by atoms with van der Waals surface area (Å²) >= 11 is 0. The molecule has 2 aromatic carbocycles. The third-order valence-electron chi connectivity index (χ3n) is 16.2. The first kappa shape index (κ1) is 66.2. The number of benzene rings is 2. The van der Waals surface area contributed by atoms with Crippen molar-refractivity contribution in [1.82, 2.24) is 50.4 Å². The number of piperidine rings is 1. The maximum atomic E-state index is 14.7. The van der Waals surface area contributed by atoms with E-state index in [-0.39, 0.29) is 113 Å². The topological polar surface area (TPSA) is 366 Å². The number of fused-ring (bicyclic) bond motifs is 1. The van der Waals surface area contributed by atoms with Crippen LogP contribution in [0.4, 0.5) is 30.8 Å². The van der Waals surface area contributed by atoms with Crippen LogP contribution in [0.3, 0.4) is 0 Å². The lowest BCUT2D eigenvalue weighted by Crippen LogP contribution is -2.58. The fraction of sp³-hybridized carbons (Fsp3) is 0.468. The van der Waals surface area contributed by atoms with Crippen LogP contribution in [0.15, 0.2) is 77.7 Å². The van der Waals surface area contributed by atoms with Crippen molar-refractivity contribution in [2.75, 3.05) is 81.8 Å². The molecule has 4 fully saturated rings. The van der Waals surface area contributed by atoms with Crippen LogP contribution in [-0.4, -0.2) is 195 Å². The molecular weight excluding hydrogens is 1220 g/mol. The molecule has 9 amide bonds. The number of nitrogens with one attached hydrogen (secondary N) is 6. The Labute approximate surface area is 530 Å². The van der Waals surface area contributed by atoms with Gasteiger partial charge in [-0.05, 0) is 85.4 Å². The van der Waals surface area contributed by atoms with Crippen LogP contribution in [-0.2, 0) is 54.3 Å². The van der Waals surface area contributed by atoms with E-state index in [4.69, 9.17) is 23.4 Å². The molecule has 7 heterocycles. The third kappa shape index (κ3) is 16.1. The Morgan fingerprint density at radius 3 is 2.33 bits per heavy atom. The van der Waals surface area contributed by atoms with Gasteiger partial charge in [-0.15, -0.1) is 0 Å². The third-order valence-corrected chi connectivity index (χ3v) is 16.2. The number of aliphatic carboxylic acids is 1. The summed E-state index contributed by atoms with van der Waals surface area (Å²) in [4.78, 5) is 143. The highest BCUT2D eigenvalue weighted by Gasteiger charge is 2.48. The Bertz CT molecular complexity index is 3650. The first-order valence-corrected chi connectivity index (χ1v) is 30.4. The highest BCUT2D eigenvalue weighted by Crippen LogP contribution is 2.35. The fourth-order valence-corrected chi connectivity index (χ4v) is 11.1. The lowest BCUT2D eigenvalue weighted by atomic mass is 9.85. The van der Waals surface area contributed by atoms with Gasteiger partial charge in [-0.2, -0.15) is 5.10 Å². The summed E-state index contributed by atoms with van der Waals surface area (Å²) in [5.74, 6) is -5.10. The molecule has 93 heavy (non-hydrogen) atoms. The number of aromatic nitrogens is 4. The van der Waals surface area contributed by atoms with Crippen LogP contribution < -0.4 is 31.9 Å². The molecule has 31 heteroatoms. The van der Waals surface area contributed by atoms with Crippen molar-refractivity contribution in [3.05, 3.63) is 101 Å². The number of ether oxygens (including phenoxy) is 4. The number of oxazole rings is 1. The number of hydrogen-bond donors (Lipinski definition) is 7. The van der Waals surface area contributed by atoms with Crippen LogP contribution in [0.2, 0.25) is 0 Å². The van der Waals surface area contributed by atoms with Crippen molar-refractivity contribution in [1.29, 1.82) is 0 Å². The Morgan fingerprint density at radius 2 is 1.61 bits per heavy atom. The summed E-state index contributed by atoms with van der Waals surface area (Å²) in [5.41, 5.74) is -0.0500. The molecule has 0 radical (unpaired) electrons. The number of imide groups is 2. The SMILES string of the molecule is CC(C)(C)[C@H](NC(=O)COCCOCCOCCNc1cccc2c1C(=O)N(C1CCC(=O)NC1=O)C2=O)C(=O)N1C[C@H](OC(=O)N2CCC[C@H]2C(=O)O)C[C@H]1C(=O)NCc1ccc(-n2cc(NC(=O)c3coc(-c4ccnc(NCC5CC5)c4)n3)c(C(F)F)n2)cc1. The number of hydrogen-bond acceptors (Lipinski definition) is 20. The summed E-state index contributed by atoms with van der Waals surface area (Å²) in [6.07, 6.45) is 1.67. The lowest BCUT2D eigenvalue weighted by Gasteiger charge is -2.35. The van der Waals surface area contributed by atoms with Gasteiger partial charge in [0, 0.05) is 56.5 Å². The second-order valence-corrected chi connectivity index (χ2v) is 24.0. The molecule has 4 aliphatic heterocycles. The number of carbonyl (C=O) groups is 10. The van der Waals surface area contributed by atoms with Gasteiger partial charge in [-0.3, -0.25) is 53.5 Å².